The summed E-state index contributed by atoms with van der Waals surface area (Å²) in [5.41, 5.74) is 0.363. The smallest absolute Gasteiger partial charge is 0.416 e. The lowest BCUT2D eigenvalue weighted by atomic mass is 9.82. The van der Waals surface area contributed by atoms with Crippen molar-refractivity contribution in [2.75, 3.05) is 12.3 Å². The van der Waals surface area contributed by atoms with Crippen LogP contribution in [-0.2, 0) is 23.7 Å². The van der Waals surface area contributed by atoms with Gasteiger partial charge >= 0.3 is 6.18 Å². The number of benzene rings is 1. The molecule has 1 aliphatic rings. The number of alkyl halides is 3. The van der Waals surface area contributed by atoms with Crippen molar-refractivity contribution in [3.05, 3.63) is 35.4 Å². The van der Waals surface area contributed by atoms with Crippen LogP contribution in [0.3, 0.4) is 0 Å². The molecule has 2 rings (SSSR count). The van der Waals surface area contributed by atoms with Gasteiger partial charge in [-0.3, -0.25) is 4.21 Å². The molecule has 0 radical (unpaired) electrons. The van der Waals surface area contributed by atoms with E-state index < -0.39 is 22.8 Å². The fraction of sp³-hybridized carbons (Fsp3) is 0.667. The van der Waals surface area contributed by atoms with E-state index in [4.69, 9.17) is 0 Å². The molecule has 1 fully saturated rings. The molecule has 0 heterocycles. The maximum atomic E-state index is 12.5. The van der Waals surface area contributed by atoms with Gasteiger partial charge in [0.15, 0.2) is 0 Å². The lowest BCUT2D eigenvalue weighted by Gasteiger charge is -2.29. The molecule has 0 aliphatic heterocycles. The van der Waals surface area contributed by atoms with Crippen LogP contribution in [0.1, 0.15) is 49.7 Å². The topological polar surface area (TPSA) is 52.2 Å². The van der Waals surface area contributed by atoms with Crippen LogP contribution in [0.4, 0.5) is 13.2 Å². The summed E-state index contributed by atoms with van der Waals surface area (Å²) in [6.45, 7) is 0.731. The molecule has 3 nitrogen and oxygen atoms in total. The van der Waals surface area contributed by atoms with E-state index in [-0.39, 0.29) is 5.75 Å². The van der Waals surface area contributed by atoms with Crippen LogP contribution in [0.2, 0.25) is 0 Å². The van der Waals surface area contributed by atoms with Gasteiger partial charge in [-0.2, -0.15) is 13.2 Å². The standard InChI is InChI=1S/C18H26F3NO2S/c19-18(20,21)16-8-4-14(5-9-16)2-3-15-6-10-17(11-7-15)22-12-1-13-25(23)24/h4-5,8-9,15,17,22H,1-3,6-7,10-13H2,(H,23,24)/p-1. The van der Waals surface area contributed by atoms with Crippen molar-refractivity contribution < 1.29 is 21.9 Å². The van der Waals surface area contributed by atoms with Crippen molar-refractivity contribution in [1.29, 1.82) is 0 Å². The number of aryl methyl sites for hydroxylation is 1. The van der Waals surface area contributed by atoms with Crippen LogP contribution in [0, 0.1) is 5.92 Å². The van der Waals surface area contributed by atoms with Crippen LogP contribution >= 0.6 is 0 Å². The number of hydrogen-bond acceptors (Lipinski definition) is 3. The second-order valence-electron chi connectivity index (χ2n) is 6.77. The Kier molecular flexibility index (Phi) is 7.90. The van der Waals surface area contributed by atoms with Crippen LogP contribution < -0.4 is 5.32 Å². The number of nitrogens with one attached hydrogen (secondary N) is 1. The molecule has 1 aromatic rings. The molecule has 1 atom stereocenters. The van der Waals surface area contributed by atoms with Gasteiger partial charge in [0.05, 0.1) is 5.56 Å². The van der Waals surface area contributed by atoms with Gasteiger partial charge < -0.3 is 9.87 Å². The van der Waals surface area contributed by atoms with Gasteiger partial charge in [-0.25, -0.2) is 0 Å². The van der Waals surface area contributed by atoms with Crippen molar-refractivity contribution in [1.82, 2.24) is 5.32 Å². The summed E-state index contributed by atoms with van der Waals surface area (Å²) < 4.78 is 58.6. The van der Waals surface area contributed by atoms with E-state index in [1.165, 1.54) is 0 Å². The lowest BCUT2D eigenvalue weighted by molar-refractivity contribution is -0.137. The maximum Gasteiger partial charge on any atom is 0.416 e. The van der Waals surface area contributed by atoms with Crippen LogP contribution in [0.15, 0.2) is 24.3 Å². The highest BCUT2D eigenvalue weighted by Crippen LogP contribution is 2.30. The molecule has 142 valence electrons. The Morgan fingerprint density at radius 1 is 1.12 bits per heavy atom. The molecule has 0 saturated heterocycles. The van der Waals surface area contributed by atoms with Crippen molar-refractivity contribution in [3.63, 3.8) is 0 Å². The van der Waals surface area contributed by atoms with Crippen molar-refractivity contribution >= 4 is 11.1 Å². The summed E-state index contributed by atoms with van der Waals surface area (Å²) in [4.78, 5) is 0. The second kappa shape index (κ2) is 9.69. The van der Waals surface area contributed by atoms with E-state index in [2.05, 4.69) is 5.32 Å². The minimum Gasteiger partial charge on any atom is -0.772 e. The van der Waals surface area contributed by atoms with Crippen molar-refractivity contribution in [3.8, 4) is 0 Å². The van der Waals surface area contributed by atoms with Gasteiger partial charge in [-0.1, -0.05) is 23.2 Å². The van der Waals surface area contributed by atoms with Crippen molar-refractivity contribution in [2.45, 2.75) is 57.2 Å². The van der Waals surface area contributed by atoms with Gasteiger partial charge in [0, 0.05) is 11.8 Å². The fourth-order valence-corrected chi connectivity index (χ4v) is 3.76. The highest BCUT2D eigenvalue weighted by Gasteiger charge is 2.30. The minimum absolute atomic E-state index is 0.204. The summed E-state index contributed by atoms with van der Waals surface area (Å²) in [7, 11) is 0. The Hall–Kier alpha value is -0.920. The molecular weight excluding hydrogens is 351 g/mol. The Balaban J connectivity index is 1.64. The van der Waals surface area contributed by atoms with E-state index in [9.17, 15) is 21.9 Å². The first-order valence-corrected chi connectivity index (χ1v) is 10.0. The minimum atomic E-state index is -4.27. The molecule has 1 aromatic carbocycles. The zero-order valence-electron chi connectivity index (χ0n) is 14.2. The third-order valence-corrected chi connectivity index (χ3v) is 5.51. The molecule has 1 saturated carbocycles. The van der Waals surface area contributed by atoms with Gasteiger partial charge in [0.1, 0.15) is 0 Å². The summed E-state index contributed by atoms with van der Waals surface area (Å²) in [6, 6.07) is 5.93. The van der Waals surface area contributed by atoms with E-state index in [1.54, 1.807) is 12.1 Å². The third kappa shape index (κ3) is 7.46. The second-order valence-corrected chi connectivity index (χ2v) is 7.78. The largest absolute Gasteiger partial charge is 0.772 e. The third-order valence-electron chi connectivity index (χ3n) is 4.89. The van der Waals surface area contributed by atoms with Gasteiger partial charge in [0.25, 0.3) is 0 Å². The molecule has 1 unspecified atom stereocenters. The highest BCUT2D eigenvalue weighted by molar-refractivity contribution is 7.79. The van der Waals surface area contributed by atoms with Crippen LogP contribution in [-0.4, -0.2) is 27.1 Å². The molecule has 25 heavy (non-hydrogen) atoms. The average Bonchev–Trinajstić information content (AvgIpc) is 2.57. The predicted molar refractivity (Wildman–Crippen MR) is 91.9 cm³/mol. The Morgan fingerprint density at radius 2 is 1.76 bits per heavy atom. The fourth-order valence-electron chi connectivity index (χ4n) is 3.38. The summed E-state index contributed by atoms with van der Waals surface area (Å²) >= 11 is -1.96. The Labute approximate surface area is 149 Å². The van der Waals surface area contributed by atoms with Crippen molar-refractivity contribution in [2.24, 2.45) is 5.92 Å². The first-order valence-electron chi connectivity index (χ1n) is 8.80. The Morgan fingerprint density at radius 3 is 2.32 bits per heavy atom. The normalized spacial score (nSPS) is 22.7. The molecule has 0 bridgehead atoms. The number of halogens is 3. The van der Waals surface area contributed by atoms with Gasteiger partial charge in [0.2, 0.25) is 0 Å². The zero-order chi connectivity index (χ0) is 18.3. The first-order chi connectivity index (χ1) is 11.8. The summed E-state index contributed by atoms with van der Waals surface area (Å²) in [5, 5.41) is 3.41. The quantitative estimate of drug-likeness (QED) is 0.550. The van der Waals surface area contributed by atoms with E-state index in [0.717, 1.165) is 62.8 Å². The number of rotatable bonds is 8. The Bertz CT molecular complexity index is 540. The zero-order valence-corrected chi connectivity index (χ0v) is 15.0. The monoisotopic (exact) mass is 376 g/mol. The maximum absolute atomic E-state index is 12.5. The number of hydrogen-bond donors (Lipinski definition) is 1. The highest BCUT2D eigenvalue weighted by atomic mass is 32.2. The van der Waals surface area contributed by atoms with E-state index in [1.807, 2.05) is 0 Å². The predicted octanol–water partition coefficient (Wildman–Crippen LogP) is 4.06. The molecule has 1 aliphatic carbocycles. The van der Waals surface area contributed by atoms with Crippen LogP contribution in [0.5, 0.6) is 0 Å². The first kappa shape index (κ1) is 20.4. The molecule has 0 amide bonds. The molecule has 7 heteroatoms. The lowest BCUT2D eigenvalue weighted by Crippen LogP contribution is -2.34. The average molecular weight is 376 g/mol. The van der Waals surface area contributed by atoms with Crippen LogP contribution in [0.25, 0.3) is 0 Å². The summed E-state index contributed by atoms with van der Waals surface area (Å²) in [5.74, 6) is 0.824. The molecule has 0 aromatic heterocycles. The van der Waals surface area contributed by atoms with E-state index in [0.29, 0.717) is 18.4 Å². The van der Waals surface area contributed by atoms with Gasteiger partial charge in [-0.15, -0.1) is 0 Å². The molecule has 0 spiro atoms. The SMILES string of the molecule is O=S([O-])CCCNC1CCC(CCc2ccc(C(F)(F)F)cc2)CC1. The van der Waals surface area contributed by atoms with E-state index >= 15 is 0 Å². The summed E-state index contributed by atoms with van der Waals surface area (Å²) in [6.07, 6.45) is 2.59. The van der Waals surface area contributed by atoms with Gasteiger partial charge in [-0.05, 0) is 75.1 Å². The molecule has 1 N–H and O–H groups in total. The molecular formula is C18H25F3NO2S-.